The third-order valence-corrected chi connectivity index (χ3v) is 2.00. The third-order valence-electron chi connectivity index (χ3n) is 1.45. The largest absolute Gasteiger partial charge is 0.392 e. The molecule has 58 valence electrons. The van der Waals surface area contributed by atoms with Gasteiger partial charge in [-0.15, -0.1) is 0 Å². The Bertz CT molecular complexity index is 241. The topological polar surface area (TPSA) is 20.2 Å². The van der Waals surface area contributed by atoms with E-state index >= 15 is 0 Å². The Morgan fingerprint density at radius 3 is 2.45 bits per heavy atom. The van der Waals surface area contributed by atoms with Crippen molar-refractivity contribution in [3.63, 3.8) is 0 Å². The van der Waals surface area contributed by atoms with Crippen molar-refractivity contribution in [2.75, 3.05) is 6.61 Å². The first kappa shape index (κ1) is 8.50. The second kappa shape index (κ2) is 4.31. The summed E-state index contributed by atoms with van der Waals surface area (Å²) in [5, 5.41) is 8.88. The van der Waals surface area contributed by atoms with Crippen molar-refractivity contribution in [2.45, 2.75) is 0 Å². The molecule has 0 fully saturated rings. The maximum absolute atomic E-state index is 8.88. The van der Waals surface area contributed by atoms with E-state index in [4.69, 9.17) is 5.11 Å². The smallest absolute Gasteiger partial charge is 0.0692 e. The van der Waals surface area contributed by atoms with Crippen LogP contribution in [0.5, 0.6) is 0 Å². The summed E-state index contributed by atoms with van der Waals surface area (Å²) in [6, 6.07) is 9.77. The zero-order valence-electron chi connectivity index (χ0n) is 6.00. The number of halogens is 1. The fourth-order valence-corrected chi connectivity index (χ4v) is 1.25. The van der Waals surface area contributed by atoms with E-state index in [1.807, 2.05) is 30.3 Å². The minimum Gasteiger partial charge on any atom is -0.392 e. The number of aliphatic hydroxyl groups is 1. The van der Waals surface area contributed by atoms with Gasteiger partial charge in [0.2, 0.25) is 0 Å². The van der Waals surface area contributed by atoms with E-state index in [-0.39, 0.29) is 6.61 Å². The van der Waals surface area contributed by atoms with Crippen LogP contribution in [0.1, 0.15) is 5.56 Å². The summed E-state index contributed by atoms with van der Waals surface area (Å²) in [6.45, 7) is 0.0647. The van der Waals surface area contributed by atoms with Crippen molar-refractivity contribution in [1.29, 1.82) is 0 Å². The van der Waals surface area contributed by atoms with Crippen LogP contribution in [-0.4, -0.2) is 11.7 Å². The molecule has 0 aliphatic rings. The van der Waals surface area contributed by atoms with Gasteiger partial charge in [-0.3, -0.25) is 0 Å². The number of hydrogen-bond acceptors (Lipinski definition) is 1. The van der Waals surface area contributed by atoms with Crippen LogP contribution in [0.15, 0.2) is 35.3 Å². The molecule has 0 aliphatic heterocycles. The zero-order valence-corrected chi connectivity index (χ0v) is 7.58. The van der Waals surface area contributed by atoms with E-state index < -0.39 is 0 Å². The van der Waals surface area contributed by atoms with Crippen LogP contribution in [0.4, 0.5) is 0 Å². The molecule has 0 amide bonds. The lowest BCUT2D eigenvalue weighted by atomic mass is 10.1. The number of rotatable bonds is 2. The molecule has 1 rings (SSSR count). The molecule has 0 unspecified atom stereocenters. The van der Waals surface area contributed by atoms with Gasteiger partial charge in [0.15, 0.2) is 0 Å². The van der Waals surface area contributed by atoms with Crippen LogP contribution in [-0.2, 0) is 0 Å². The highest BCUT2D eigenvalue weighted by molar-refractivity contribution is 9.11. The Morgan fingerprint density at radius 1 is 1.36 bits per heavy atom. The van der Waals surface area contributed by atoms with Gasteiger partial charge in [0.25, 0.3) is 0 Å². The second-order valence-electron chi connectivity index (χ2n) is 2.16. The molecule has 1 nitrogen and oxygen atoms in total. The Balaban J connectivity index is 2.92. The van der Waals surface area contributed by atoms with Gasteiger partial charge in [-0.25, -0.2) is 0 Å². The summed E-state index contributed by atoms with van der Waals surface area (Å²) >= 11 is 3.19. The molecule has 0 bridgehead atoms. The van der Waals surface area contributed by atoms with E-state index in [9.17, 15) is 0 Å². The van der Waals surface area contributed by atoms with Gasteiger partial charge >= 0.3 is 0 Å². The van der Waals surface area contributed by atoms with Gasteiger partial charge in [0, 0.05) is 0 Å². The molecular weight excluding hydrogens is 204 g/mol. The quantitative estimate of drug-likeness (QED) is 0.799. The maximum atomic E-state index is 8.88. The fourth-order valence-electron chi connectivity index (χ4n) is 0.841. The predicted molar refractivity (Wildman–Crippen MR) is 50.4 cm³/mol. The Labute approximate surface area is 74.5 Å². The van der Waals surface area contributed by atoms with E-state index in [0.717, 1.165) is 11.1 Å². The molecule has 1 N–H and O–H groups in total. The predicted octanol–water partition coefficient (Wildman–Crippen LogP) is 2.41. The number of hydrogen-bond donors (Lipinski definition) is 1. The Hall–Kier alpha value is -0.600. The normalized spacial score (nSPS) is 11.6. The van der Waals surface area contributed by atoms with Crippen LogP contribution >= 0.6 is 15.9 Å². The van der Waals surface area contributed by atoms with Gasteiger partial charge < -0.3 is 5.11 Å². The first-order valence-corrected chi connectivity index (χ1v) is 4.25. The minimum atomic E-state index is 0.0647. The highest BCUT2D eigenvalue weighted by Gasteiger charge is 1.95. The van der Waals surface area contributed by atoms with Gasteiger partial charge in [-0.2, -0.15) is 0 Å². The molecule has 11 heavy (non-hydrogen) atoms. The van der Waals surface area contributed by atoms with Gasteiger partial charge in [-0.1, -0.05) is 46.3 Å². The summed E-state index contributed by atoms with van der Waals surface area (Å²) in [7, 11) is 0. The van der Waals surface area contributed by atoms with Gasteiger partial charge in [0.1, 0.15) is 0 Å². The van der Waals surface area contributed by atoms with Crippen molar-refractivity contribution in [3.8, 4) is 0 Å². The van der Waals surface area contributed by atoms with Crippen LogP contribution in [0.3, 0.4) is 0 Å². The van der Waals surface area contributed by atoms with E-state index in [1.165, 1.54) is 0 Å². The molecule has 0 aliphatic carbocycles. The Morgan fingerprint density at radius 2 is 2.00 bits per heavy atom. The molecule has 0 spiro atoms. The second-order valence-corrected chi connectivity index (χ2v) is 2.62. The van der Waals surface area contributed by atoms with Crippen molar-refractivity contribution >= 4 is 21.5 Å². The molecule has 0 aromatic heterocycles. The molecule has 0 saturated carbocycles. The molecule has 0 saturated heterocycles. The van der Waals surface area contributed by atoms with Crippen molar-refractivity contribution in [2.24, 2.45) is 0 Å². The van der Waals surface area contributed by atoms with E-state index in [2.05, 4.69) is 15.9 Å². The summed E-state index contributed by atoms with van der Waals surface area (Å²) in [4.78, 5) is 1.74. The molecular formula is C9H9BrO. The highest BCUT2D eigenvalue weighted by atomic mass is 79.9. The summed E-state index contributed by atoms with van der Waals surface area (Å²) in [5.74, 6) is 0. The Kier molecular flexibility index (Phi) is 3.33. The third kappa shape index (κ3) is 2.17. The average molecular weight is 213 g/mol. The minimum absolute atomic E-state index is 0.0647. The molecule has 1 aromatic carbocycles. The zero-order chi connectivity index (χ0) is 8.10. The SMILES string of the molecule is OCC(=CBr)c1ccccc1. The monoisotopic (exact) mass is 212 g/mol. The maximum Gasteiger partial charge on any atom is 0.0692 e. The lowest BCUT2D eigenvalue weighted by Gasteiger charge is -2.00. The van der Waals surface area contributed by atoms with Crippen LogP contribution in [0, 0.1) is 0 Å². The summed E-state index contributed by atoms with van der Waals surface area (Å²) in [5.41, 5.74) is 1.94. The first-order chi connectivity index (χ1) is 5.38. The highest BCUT2D eigenvalue weighted by Crippen LogP contribution is 2.14. The molecule has 0 heterocycles. The van der Waals surface area contributed by atoms with Crippen LogP contribution < -0.4 is 0 Å². The number of aliphatic hydroxyl groups excluding tert-OH is 1. The molecule has 1 aromatic rings. The first-order valence-electron chi connectivity index (χ1n) is 3.34. The van der Waals surface area contributed by atoms with Crippen molar-refractivity contribution in [1.82, 2.24) is 0 Å². The van der Waals surface area contributed by atoms with Crippen LogP contribution in [0.2, 0.25) is 0 Å². The molecule has 2 heteroatoms. The van der Waals surface area contributed by atoms with Gasteiger partial charge in [-0.05, 0) is 16.1 Å². The van der Waals surface area contributed by atoms with Gasteiger partial charge in [0.05, 0.1) is 6.61 Å². The fraction of sp³-hybridized carbons (Fsp3) is 0.111. The lowest BCUT2D eigenvalue weighted by Crippen LogP contribution is -1.87. The lowest BCUT2D eigenvalue weighted by molar-refractivity contribution is 0.350. The summed E-state index contributed by atoms with van der Waals surface area (Å²) in [6.07, 6.45) is 0. The van der Waals surface area contributed by atoms with E-state index in [0.29, 0.717) is 0 Å². The van der Waals surface area contributed by atoms with Crippen molar-refractivity contribution in [3.05, 3.63) is 40.9 Å². The average Bonchev–Trinajstić information content (AvgIpc) is 2.09. The summed E-state index contributed by atoms with van der Waals surface area (Å²) < 4.78 is 0. The molecule has 0 radical (unpaired) electrons. The van der Waals surface area contributed by atoms with Crippen LogP contribution in [0.25, 0.3) is 5.57 Å². The van der Waals surface area contributed by atoms with E-state index in [1.54, 1.807) is 4.99 Å². The standard InChI is InChI=1S/C9H9BrO/c10-6-9(7-11)8-4-2-1-3-5-8/h1-6,11H,7H2. The van der Waals surface area contributed by atoms with Crippen molar-refractivity contribution < 1.29 is 5.11 Å². The molecule has 0 atom stereocenters. The number of benzene rings is 1.